The van der Waals surface area contributed by atoms with Crippen LogP contribution in [0.2, 0.25) is 0 Å². The van der Waals surface area contributed by atoms with Crippen LogP contribution in [0, 0.1) is 0 Å². The molecule has 0 saturated carbocycles. The van der Waals surface area contributed by atoms with Crippen molar-refractivity contribution in [2.45, 2.75) is 56.3 Å². The van der Waals surface area contributed by atoms with E-state index in [1.807, 2.05) is 24.3 Å². The third kappa shape index (κ3) is 8.41. The number of aromatic nitrogens is 1. The van der Waals surface area contributed by atoms with Gasteiger partial charge in [0.25, 0.3) is 0 Å². The monoisotopic (exact) mass is 544 g/mol. The molecule has 2 heterocycles. The third-order valence-electron chi connectivity index (χ3n) is 6.48. The number of guanidine groups is 1. The first-order valence-electron chi connectivity index (χ1n) is 12.8. The number of fused-ring (bicyclic) bond motifs is 1. The Balaban J connectivity index is 1.70. The largest absolute Gasteiger partial charge is 0.480 e. The van der Waals surface area contributed by atoms with Crippen LogP contribution >= 0.6 is 0 Å². The zero-order valence-electron chi connectivity index (χ0n) is 21.5. The number of carboxylic acids is 1. The van der Waals surface area contributed by atoms with Crippen LogP contribution in [0.3, 0.4) is 0 Å². The lowest BCUT2D eigenvalue weighted by Crippen LogP contribution is -2.58. The highest BCUT2D eigenvalue weighted by Crippen LogP contribution is 2.19. The van der Waals surface area contributed by atoms with E-state index in [9.17, 15) is 29.4 Å². The Labute approximate surface area is 225 Å². The molecule has 2 aromatic rings. The van der Waals surface area contributed by atoms with Gasteiger partial charge in [-0.3, -0.25) is 19.4 Å². The molecule has 14 heteroatoms. The number of H-pyrrole nitrogens is 1. The topological polar surface area (TPSA) is 237 Å². The number of nitrogens with two attached hydrogens (primary N) is 2. The Morgan fingerprint density at radius 1 is 1.05 bits per heavy atom. The number of nitrogens with one attached hydrogen (secondary N) is 5. The van der Waals surface area contributed by atoms with E-state index in [-0.39, 0.29) is 25.3 Å². The highest BCUT2D eigenvalue weighted by atomic mass is 16.4. The van der Waals surface area contributed by atoms with Crippen molar-refractivity contribution in [2.75, 3.05) is 19.7 Å². The molecule has 0 spiro atoms. The second-order valence-corrected chi connectivity index (χ2v) is 9.37. The zero-order chi connectivity index (χ0) is 28.4. The van der Waals surface area contributed by atoms with E-state index >= 15 is 0 Å². The molecule has 1 fully saturated rings. The van der Waals surface area contributed by atoms with Crippen LogP contribution in [0.25, 0.3) is 10.9 Å². The summed E-state index contributed by atoms with van der Waals surface area (Å²) in [5.74, 6) is -3.33. The first-order valence-corrected chi connectivity index (χ1v) is 12.8. The molecule has 11 N–H and O–H groups in total. The molecular formula is C25H36N8O6. The maximum absolute atomic E-state index is 13.2. The normalized spacial score (nSPS) is 17.1. The number of aliphatic imine (C=N–C) groups is 1. The van der Waals surface area contributed by atoms with Gasteiger partial charge in [-0.1, -0.05) is 18.2 Å². The van der Waals surface area contributed by atoms with Crippen LogP contribution in [0.5, 0.6) is 0 Å². The van der Waals surface area contributed by atoms with Gasteiger partial charge in [0.05, 0.1) is 12.6 Å². The molecule has 1 aliphatic rings. The van der Waals surface area contributed by atoms with E-state index in [1.54, 1.807) is 6.20 Å². The number of para-hydroxylation sites is 1. The van der Waals surface area contributed by atoms with Gasteiger partial charge >= 0.3 is 5.97 Å². The Kier molecular flexibility index (Phi) is 10.6. The SMILES string of the molecule is NC(N)=NCCC[C@H](NC(=O)[C@H](CO)NC(=O)[C@@H]1CCCN1)C(=O)N[C@@H](Cc1c[nH]c2ccccc12)C(=O)O. The van der Waals surface area contributed by atoms with Crippen molar-refractivity contribution in [3.05, 3.63) is 36.0 Å². The van der Waals surface area contributed by atoms with Crippen molar-refractivity contribution in [2.24, 2.45) is 16.5 Å². The molecule has 4 atom stereocenters. The summed E-state index contributed by atoms with van der Waals surface area (Å²) in [7, 11) is 0. The molecule has 1 saturated heterocycles. The van der Waals surface area contributed by atoms with Crippen LogP contribution in [0.4, 0.5) is 0 Å². The van der Waals surface area contributed by atoms with Gasteiger partial charge in [-0.25, -0.2) is 4.79 Å². The van der Waals surface area contributed by atoms with Crippen molar-refractivity contribution in [1.82, 2.24) is 26.3 Å². The minimum absolute atomic E-state index is 0.00344. The number of aliphatic carboxylic acids is 1. The Morgan fingerprint density at radius 3 is 2.44 bits per heavy atom. The Bertz CT molecular complexity index is 1190. The predicted molar refractivity (Wildman–Crippen MR) is 143 cm³/mol. The van der Waals surface area contributed by atoms with Gasteiger partial charge in [0.2, 0.25) is 17.7 Å². The second kappa shape index (κ2) is 14.1. The van der Waals surface area contributed by atoms with Crippen molar-refractivity contribution in [3.8, 4) is 0 Å². The van der Waals surface area contributed by atoms with Crippen molar-refractivity contribution < 1.29 is 29.4 Å². The van der Waals surface area contributed by atoms with Gasteiger partial charge in [-0.2, -0.15) is 0 Å². The minimum atomic E-state index is -1.30. The maximum Gasteiger partial charge on any atom is 0.326 e. The first-order chi connectivity index (χ1) is 18.7. The molecule has 0 radical (unpaired) electrons. The lowest BCUT2D eigenvalue weighted by atomic mass is 10.0. The van der Waals surface area contributed by atoms with Crippen molar-refractivity contribution in [3.63, 3.8) is 0 Å². The average molecular weight is 545 g/mol. The van der Waals surface area contributed by atoms with Gasteiger partial charge in [0.1, 0.15) is 18.1 Å². The van der Waals surface area contributed by atoms with E-state index in [1.165, 1.54) is 0 Å². The lowest BCUT2D eigenvalue weighted by Gasteiger charge is -2.24. The Hall–Kier alpha value is -4.17. The summed E-state index contributed by atoms with van der Waals surface area (Å²) in [5, 5.41) is 30.9. The summed E-state index contributed by atoms with van der Waals surface area (Å²) >= 11 is 0. The minimum Gasteiger partial charge on any atom is -0.480 e. The Morgan fingerprint density at radius 2 is 1.77 bits per heavy atom. The predicted octanol–water partition coefficient (Wildman–Crippen LogP) is -1.95. The lowest BCUT2D eigenvalue weighted by molar-refractivity contribution is -0.142. The number of aromatic amines is 1. The summed E-state index contributed by atoms with van der Waals surface area (Å²) < 4.78 is 0. The molecular weight excluding hydrogens is 508 g/mol. The van der Waals surface area contributed by atoms with E-state index in [0.717, 1.165) is 17.3 Å². The molecule has 1 aromatic heterocycles. The van der Waals surface area contributed by atoms with Gasteiger partial charge in [0.15, 0.2) is 5.96 Å². The summed E-state index contributed by atoms with van der Waals surface area (Å²) in [4.78, 5) is 57.5. The summed E-state index contributed by atoms with van der Waals surface area (Å²) in [6.07, 6.45) is 3.48. The molecule has 0 aliphatic carbocycles. The second-order valence-electron chi connectivity index (χ2n) is 9.37. The molecule has 3 amide bonds. The van der Waals surface area contributed by atoms with Crippen LogP contribution in [0.15, 0.2) is 35.5 Å². The number of hydrogen-bond donors (Lipinski definition) is 9. The number of carbonyl (C=O) groups is 4. The average Bonchev–Trinajstić information content (AvgIpc) is 3.59. The summed E-state index contributed by atoms with van der Waals surface area (Å²) in [6, 6.07) is 3.16. The number of aliphatic hydroxyl groups is 1. The van der Waals surface area contributed by atoms with Gasteiger partial charge in [0, 0.05) is 30.1 Å². The highest BCUT2D eigenvalue weighted by molar-refractivity contribution is 5.94. The van der Waals surface area contributed by atoms with Crippen LogP contribution in [-0.4, -0.2) is 88.7 Å². The zero-order valence-corrected chi connectivity index (χ0v) is 21.5. The molecule has 0 unspecified atom stereocenters. The van der Waals surface area contributed by atoms with Crippen LogP contribution < -0.4 is 32.7 Å². The van der Waals surface area contributed by atoms with E-state index in [2.05, 4.69) is 31.2 Å². The van der Waals surface area contributed by atoms with Crippen LogP contribution in [-0.2, 0) is 25.6 Å². The molecule has 3 rings (SSSR count). The molecule has 0 bridgehead atoms. The fourth-order valence-corrected chi connectivity index (χ4v) is 4.41. The summed E-state index contributed by atoms with van der Waals surface area (Å²) in [6.45, 7) is 0.160. The number of carbonyl (C=O) groups excluding carboxylic acids is 3. The fraction of sp³-hybridized carbons (Fsp3) is 0.480. The molecule has 14 nitrogen and oxygen atoms in total. The van der Waals surface area contributed by atoms with Crippen molar-refractivity contribution >= 4 is 40.6 Å². The number of benzene rings is 1. The number of hydrogen-bond acceptors (Lipinski definition) is 7. The van der Waals surface area contributed by atoms with E-state index in [4.69, 9.17) is 11.5 Å². The molecule has 1 aliphatic heterocycles. The molecule has 1 aromatic carbocycles. The van der Waals surface area contributed by atoms with E-state index in [0.29, 0.717) is 24.9 Å². The van der Waals surface area contributed by atoms with Crippen LogP contribution in [0.1, 0.15) is 31.2 Å². The number of aliphatic hydroxyl groups excluding tert-OH is 1. The quantitative estimate of drug-likeness (QED) is 0.0728. The first kappa shape index (κ1) is 29.4. The number of rotatable bonds is 14. The molecule has 212 valence electrons. The van der Waals surface area contributed by atoms with Crippen molar-refractivity contribution in [1.29, 1.82) is 0 Å². The standard InChI is InChI=1S/C25H36N8O6/c26-25(27)29-10-4-8-18(31-23(37)20(13-34)33-21(35)17-7-3-9-28-17)22(36)32-19(24(38)39)11-14-12-30-16-6-2-1-5-15(14)16/h1-2,5-6,12,17-20,28,30,34H,3-4,7-11,13H2,(H,31,37)(H,32,36)(H,33,35)(H,38,39)(H4,26,27,29)/t17-,18-,19-,20-/m0/s1. The van der Waals surface area contributed by atoms with E-state index < -0.39 is 54.5 Å². The number of amides is 3. The summed E-state index contributed by atoms with van der Waals surface area (Å²) in [5.41, 5.74) is 12.2. The molecule has 39 heavy (non-hydrogen) atoms. The smallest absolute Gasteiger partial charge is 0.326 e. The number of carboxylic acid groups (broad SMARTS) is 1. The van der Waals surface area contributed by atoms with Gasteiger partial charge in [-0.15, -0.1) is 0 Å². The fourth-order valence-electron chi connectivity index (χ4n) is 4.41. The van der Waals surface area contributed by atoms with Gasteiger partial charge < -0.3 is 47.9 Å². The van der Waals surface area contributed by atoms with Gasteiger partial charge in [-0.05, 0) is 43.9 Å². The highest BCUT2D eigenvalue weighted by Gasteiger charge is 2.31. The third-order valence-corrected chi connectivity index (χ3v) is 6.48. The maximum atomic E-state index is 13.2. The number of nitrogens with zero attached hydrogens (tertiary/aromatic N) is 1.